The molecule has 0 radical (unpaired) electrons. The monoisotopic (exact) mass is 332 g/mol. The third-order valence-corrected chi connectivity index (χ3v) is 5.45. The zero-order valence-electron chi connectivity index (χ0n) is 13.1. The molecule has 4 heteroatoms. The number of thioether (sulfide) groups is 1. The number of hydrogen-bond acceptors (Lipinski definition) is 4. The van der Waals surface area contributed by atoms with E-state index in [0.29, 0.717) is 10.8 Å². The van der Waals surface area contributed by atoms with E-state index in [1.807, 2.05) is 24.3 Å². The summed E-state index contributed by atoms with van der Waals surface area (Å²) >= 11 is 3.08. The molecule has 2 nitrogen and oxygen atoms in total. The second-order valence-corrected chi connectivity index (χ2v) is 7.13. The SMILES string of the molecule is C=C(S/C=C\C(C)CC)c1cccc2cc(C(=O)OC)sc12. The Labute approximate surface area is 139 Å². The van der Waals surface area contributed by atoms with E-state index in [1.165, 1.54) is 18.4 Å². The van der Waals surface area contributed by atoms with Crippen molar-refractivity contribution in [1.82, 2.24) is 0 Å². The molecule has 1 atom stereocenters. The van der Waals surface area contributed by atoms with Crippen LogP contribution in [-0.4, -0.2) is 13.1 Å². The molecule has 1 aromatic carbocycles. The van der Waals surface area contributed by atoms with Crippen LogP contribution >= 0.6 is 23.1 Å². The van der Waals surface area contributed by atoms with Gasteiger partial charge in [-0.15, -0.1) is 11.3 Å². The summed E-state index contributed by atoms with van der Waals surface area (Å²) < 4.78 is 5.88. The van der Waals surface area contributed by atoms with Crippen LogP contribution < -0.4 is 0 Å². The molecule has 0 bridgehead atoms. The molecule has 0 fully saturated rings. The summed E-state index contributed by atoms with van der Waals surface area (Å²) in [7, 11) is 1.40. The van der Waals surface area contributed by atoms with Crippen LogP contribution in [0.25, 0.3) is 15.0 Å². The number of fused-ring (bicyclic) bond motifs is 1. The molecule has 1 unspecified atom stereocenters. The van der Waals surface area contributed by atoms with Gasteiger partial charge in [-0.25, -0.2) is 4.79 Å². The molecule has 0 amide bonds. The van der Waals surface area contributed by atoms with Gasteiger partial charge in [0.1, 0.15) is 4.88 Å². The zero-order chi connectivity index (χ0) is 16.1. The van der Waals surface area contributed by atoms with Crippen molar-refractivity contribution in [2.75, 3.05) is 7.11 Å². The molecule has 2 aromatic rings. The lowest BCUT2D eigenvalue weighted by atomic mass is 10.1. The number of hydrogen-bond donors (Lipinski definition) is 0. The highest BCUT2D eigenvalue weighted by Crippen LogP contribution is 2.37. The highest BCUT2D eigenvalue weighted by Gasteiger charge is 2.13. The van der Waals surface area contributed by atoms with Gasteiger partial charge in [-0.1, -0.05) is 62.9 Å². The maximum absolute atomic E-state index is 11.7. The highest BCUT2D eigenvalue weighted by molar-refractivity contribution is 8.10. The molecule has 22 heavy (non-hydrogen) atoms. The Hall–Kier alpha value is -1.52. The highest BCUT2D eigenvalue weighted by atomic mass is 32.2. The van der Waals surface area contributed by atoms with Gasteiger partial charge >= 0.3 is 5.97 Å². The number of thiophene rings is 1. The van der Waals surface area contributed by atoms with E-state index in [1.54, 1.807) is 11.8 Å². The molecule has 2 rings (SSSR count). The standard InChI is InChI=1S/C18H20O2S2/c1-5-12(2)9-10-21-13(3)15-8-6-7-14-11-16(18(19)20-4)22-17(14)15/h6-12H,3,5H2,1-2,4H3/b10-9-. The van der Waals surface area contributed by atoms with E-state index in [-0.39, 0.29) is 5.97 Å². The zero-order valence-corrected chi connectivity index (χ0v) is 14.7. The summed E-state index contributed by atoms with van der Waals surface area (Å²) in [6.45, 7) is 8.55. The summed E-state index contributed by atoms with van der Waals surface area (Å²) in [5.74, 6) is 0.283. The molecule has 1 heterocycles. The van der Waals surface area contributed by atoms with Gasteiger partial charge in [0, 0.05) is 15.2 Å². The third-order valence-electron chi connectivity index (χ3n) is 3.49. The first-order valence-corrected chi connectivity index (χ1v) is 8.90. The minimum absolute atomic E-state index is 0.290. The summed E-state index contributed by atoms with van der Waals surface area (Å²) in [5.41, 5.74) is 1.08. The molecular weight excluding hydrogens is 312 g/mol. The smallest absolute Gasteiger partial charge is 0.348 e. The Morgan fingerprint density at radius 1 is 1.50 bits per heavy atom. The van der Waals surface area contributed by atoms with Gasteiger partial charge < -0.3 is 4.74 Å². The van der Waals surface area contributed by atoms with Crippen molar-refractivity contribution in [3.8, 4) is 0 Å². The molecule has 0 aliphatic heterocycles. The van der Waals surface area contributed by atoms with Crippen molar-refractivity contribution in [2.45, 2.75) is 20.3 Å². The number of benzene rings is 1. The average Bonchev–Trinajstić information content (AvgIpc) is 2.97. The number of esters is 1. The van der Waals surface area contributed by atoms with Gasteiger partial charge in [-0.05, 0) is 22.8 Å². The van der Waals surface area contributed by atoms with E-state index in [9.17, 15) is 4.79 Å². The van der Waals surface area contributed by atoms with E-state index >= 15 is 0 Å². The van der Waals surface area contributed by atoms with Crippen molar-refractivity contribution >= 4 is 44.1 Å². The van der Waals surface area contributed by atoms with Crippen LogP contribution in [0.4, 0.5) is 0 Å². The predicted octanol–water partition coefficient (Wildman–Crippen LogP) is 5.95. The van der Waals surface area contributed by atoms with Crippen LogP contribution in [0.2, 0.25) is 0 Å². The number of ether oxygens (including phenoxy) is 1. The Balaban J connectivity index is 2.27. The molecule has 1 aromatic heterocycles. The van der Waals surface area contributed by atoms with Gasteiger partial charge in [0.05, 0.1) is 7.11 Å². The van der Waals surface area contributed by atoms with Gasteiger partial charge in [0.15, 0.2) is 0 Å². The van der Waals surface area contributed by atoms with Crippen LogP contribution in [0.1, 0.15) is 35.5 Å². The predicted molar refractivity (Wildman–Crippen MR) is 98.4 cm³/mol. The molecule has 0 saturated carbocycles. The van der Waals surface area contributed by atoms with Crippen molar-refractivity contribution < 1.29 is 9.53 Å². The topological polar surface area (TPSA) is 26.3 Å². The molecule has 0 spiro atoms. The lowest BCUT2D eigenvalue weighted by Gasteiger charge is -2.05. The second-order valence-electron chi connectivity index (χ2n) is 5.08. The Morgan fingerprint density at radius 2 is 2.27 bits per heavy atom. The van der Waals surface area contributed by atoms with Crippen LogP contribution in [0.5, 0.6) is 0 Å². The Kier molecular flexibility index (Phi) is 5.86. The molecule has 0 aliphatic carbocycles. The largest absolute Gasteiger partial charge is 0.465 e. The molecule has 0 aliphatic rings. The van der Waals surface area contributed by atoms with Crippen LogP contribution in [0, 0.1) is 5.92 Å². The van der Waals surface area contributed by atoms with Gasteiger partial charge in [0.25, 0.3) is 0 Å². The van der Waals surface area contributed by atoms with Crippen LogP contribution in [-0.2, 0) is 4.74 Å². The molecule has 0 N–H and O–H groups in total. The first-order chi connectivity index (χ1) is 10.6. The van der Waals surface area contributed by atoms with E-state index in [0.717, 1.165) is 27.0 Å². The third kappa shape index (κ3) is 3.81. The first-order valence-electron chi connectivity index (χ1n) is 7.20. The van der Waals surface area contributed by atoms with Gasteiger partial charge in [-0.3, -0.25) is 0 Å². The first kappa shape index (κ1) is 16.8. The number of rotatable bonds is 6. The summed E-state index contributed by atoms with van der Waals surface area (Å²) in [5, 5.41) is 3.15. The summed E-state index contributed by atoms with van der Waals surface area (Å²) in [6, 6.07) is 7.93. The number of methoxy groups -OCH3 is 1. The Morgan fingerprint density at radius 3 is 2.95 bits per heavy atom. The minimum atomic E-state index is -0.290. The number of allylic oxidation sites excluding steroid dienone is 1. The van der Waals surface area contributed by atoms with Gasteiger partial charge in [0.2, 0.25) is 0 Å². The number of carbonyl (C=O) groups excluding carboxylic acids is 1. The minimum Gasteiger partial charge on any atom is -0.465 e. The fraction of sp³-hybridized carbons (Fsp3) is 0.278. The van der Waals surface area contributed by atoms with Crippen molar-refractivity contribution in [2.24, 2.45) is 5.92 Å². The number of carbonyl (C=O) groups is 1. The normalized spacial score (nSPS) is 12.7. The van der Waals surface area contributed by atoms with Crippen molar-refractivity contribution in [3.63, 3.8) is 0 Å². The molecule has 0 saturated heterocycles. The maximum Gasteiger partial charge on any atom is 0.348 e. The van der Waals surface area contributed by atoms with E-state index in [2.05, 4.69) is 31.9 Å². The van der Waals surface area contributed by atoms with Crippen molar-refractivity contribution in [1.29, 1.82) is 0 Å². The summed E-state index contributed by atoms with van der Waals surface area (Å²) in [6.07, 6.45) is 3.33. The molecule has 116 valence electrons. The fourth-order valence-electron chi connectivity index (χ4n) is 1.94. The average molecular weight is 332 g/mol. The lowest BCUT2D eigenvalue weighted by Crippen LogP contribution is -1.96. The quantitative estimate of drug-likeness (QED) is 0.611. The van der Waals surface area contributed by atoms with Crippen LogP contribution in [0.3, 0.4) is 0 Å². The van der Waals surface area contributed by atoms with Gasteiger partial charge in [-0.2, -0.15) is 0 Å². The van der Waals surface area contributed by atoms with E-state index in [4.69, 9.17) is 4.74 Å². The van der Waals surface area contributed by atoms with Crippen LogP contribution in [0.15, 0.2) is 42.3 Å². The fourth-order valence-corrected chi connectivity index (χ4v) is 3.93. The summed E-state index contributed by atoms with van der Waals surface area (Å²) in [4.78, 5) is 13.3. The van der Waals surface area contributed by atoms with E-state index < -0.39 is 0 Å². The molecular formula is C18H20O2S2. The second kappa shape index (κ2) is 7.65. The maximum atomic E-state index is 11.7. The lowest BCUT2D eigenvalue weighted by molar-refractivity contribution is 0.0606. The Bertz CT molecular complexity index is 713. The van der Waals surface area contributed by atoms with Crippen molar-refractivity contribution in [3.05, 3.63) is 52.8 Å².